The van der Waals surface area contributed by atoms with Crippen LogP contribution in [0.4, 0.5) is 0 Å². The van der Waals surface area contributed by atoms with E-state index in [4.69, 9.17) is 9.16 Å². The van der Waals surface area contributed by atoms with Gasteiger partial charge in [0.15, 0.2) is 0 Å². The standard InChI is InChI=1S/C26H30O3Si/c1-26(2,3)30(22-16-10-6-11-17-22,23-18-12-7-13-19-23)29-24(25(27)28-4)20-21-14-8-5-9-15-21/h5-19,24H,20H2,1-4H3/t24-/m0/s1. The fourth-order valence-corrected chi connectivity index (χ4v) is 8.66. The third kappa shape index (κ3) is 4.55. The molecule has 0 saturated heterocycles. The Morgan fingerprint density at radius 3 is 1.63 bits per heavy atom. The minimum absolute atomic E-state index is 0.210. The smallest absolute Gasteiger partial charge is 0.334 e. The molecule has 0 fully saturated rings. The van der Waals surface area contributed by atoms with E-state index in [1.807, 2.05) is 66.7 Å². The van der Waals surface area contributed by atoms with Gasteiger partial charge in [-0.2, -0.15) is 0 Å². The fraction of sp³-hybridized carbons (Fsp3) is 0.269. The largest absolute Gasteiger partial charge is 0.467 e. The normalized spacial score (nSPS) is 12.9. The van der Waals surface area contributed by atoms with Crippen molar-refractivity contribution in [1.82, 2.24) is 0 Å². The van der Waals surface area contributed by atoms with Gasteiger partial charge in [0.2, 0.25) is 0 Å². The van der Waals surface area contributed by atoms with Crippen molar-refractivity contribution in [2.24, 2.45) is 0 Å². The van der Waals surface area contributed by atoms with E-state index in [1.54, 1.807) is 0 Å². The Labute approximate surface area is 180 Å². The predicted molar refractivity (Wildman–Crippen MR) is 125 cm³/mol. The highest BCUT2D eigenvalue weighted by atomic mass is 28.4. The van der Waals surface area contributed by atoms with Crippen molar-refractivity contribution in [1.29, 1.82) is 0 Å². The number of methoxy groups -OCH3 is 1. The first-order valence-electron chi connectivity index (χ1n) is 10.3. The Morgan fingerprint density at radius 2 is 1.23 bits per heavy atom. The molecule has 0 radical (unpaired) electrons. The number of hydrogen-bond donors (Lipinski definition) is 0. The molecule has 3 nitrogen and oxygen atoms in total. The van der Waals surface area contributed by atoms with Crippen molar-refractivity contribution in [3.05, 3.63) is 96.6 Å². The lowest BCUT2D eigenvalue weighted by molar-refractivity contribution is -0.149. The zero-order valence-electron chi connectivity index (χ0n) is 18.2. The molecule has 0 heterocycles. The number of carbonyl (C=O) groups is 1. The summed E-state index contributed by atoms with van der Waals surface area (Å²) < 4.78 is 12.2. The van der Waals surface area contributed by atoms with Gasteiger partial charge < -0.3 is 9.16 Å². The molecule has 0 saturated carbocycles. The number of ether oxygens (including phenoxy) is 1. The lowest BCUT2D eigenvalue weighted by atomic mass is 10.1. The molecule has 156 valence electrons. The second kappa shape index (κ2) is 9.41. The van der Waals surface area contributed by atoms with E-state index in [2.05, 4.69) is 45.0 Å². The number of hydrogen-bond acceptors (Lipinski definition) is 3. The van der Waals surface area contributed by atoms with E-state index < -0.39 is 14.4 Å². The molecular weight excluding hydrogens is 388 g/mol. The molecule has 0 N–H and O–H groups in total. The van der Waals surface area contributed by atoms with Crippen LogP contribution in [-0.2, 0) is 20.4 Å². The number of rotatable bonds is 7. The van der Waals surface area contributed by atoms with Gasteiger partial charge in [0, 0.05) is 6.42 Å². The summed E-state index contributed by atoms with van der Waals surface area (Å²) in [6.07, 6.45) is -0.221. The molecule has 4 heteroatoms. The van der Waals surface area contributed by atoms with Gasteiger partial charge in [-0.3, -0.25) is 0 Å². The molecule has 1 atom stereocenters. The van der Waals surface area contributed by atoms with Crippen LogP contribution in [0.15, 0.2) is 91.0 Å². The Morgan fingerprint density at radius 1 is 0.800 bits per heavy atom. The molecule has 0 amide bonds. The first kappa shape index (κ1) is 22.0. The van der Waals surface area contributed by atoms with Crippen LogP contribution >= 0.6 is 0 Å². The Bertz CT molecular complexity index is 895. The summed E-state index contributed by atoms with van der Waals surface area (Å²) in [7, 11) is -1.42. The van der Waals surface area contributed by atoms with Crippen LogP contribution in [-0.4, -0.2) is 27.5 Å². The molecule has 0 aromatic heterocycles. The first-order valence-corrected chi connectivity index (χ1v) is 12.2. The first-order chi connectivity index (χ1) is 14.4. The lowest BCUT2D eigenvalue weighted by Crippen LogP contribution is -2.68. The van der Waals surface area contributed by atoms with Gasteiger partial charge in [0.25, 0.3) is 8.32 Å². The minimum Gasteiger partial charge on any atom is -0.467 e. The maximum Gasteiger partial charge on any atom is 0.334 e. The highest BCUT2D eigenvalue weighted by Crippen LogP contribution is 2.38. The monoisotopic (exact) mass is 418 g/mol. The van der Waals surface area contributed by atoms with Gasteiger partial charge in [-0.25, -0.2) is 4.79 Å². The molecule has 0 unspecified atom stereocenters. The summed E-state index contributed by atoms with van der Waals surface area (Å²) in [6.45, 7) is 6.61. The zero-order chi connectivity index (χ0) is 21.6. The molecule has 0 aliphatic carbocycles. The van der Waals surface area contributed by atoms with Gasteiger partial charge in [-0.05, 0) is 21.0 Å². The maximum atomic E-state index is 12.9. The quantitative estimate of drug-likeness (QED) is 0.423. The highest BCUT2D eigenvalue weighted by molar-refractivity contribution is 6.99. The lowest BCUT2D eigenvalue weighted by Gasteiger charge is -2.44. The van der Waals surface area contributed by atoms with E-state index in [-0.39, 0.29) is 11.0 Å². The van der Waals surface area contributed by atoms with Crippen molar-refractivity contribution in [2.75, 3.05) is 7.11 Å². The zero-order valence-corrected chi connectivity index (χ0v) is 19.2. The second-order valence-corrected chi connectivity index (χ2v) is 12.7. The summed E-state index contributed by atoms with van der Waals surface area (Å²) in [5, 5.41) is 2.08. The van der Waals surface area contributed by atoms with E-state index >= 15 is 0 Å². The maximum absolute atomic E-state index is 12.9. The summed E-state index contributed by atoms with van der Waals surface area (Å²) in [4.78, 5) is 12.9. The van der Waals surface area contributed by atoms with Crippen LogP contribution in [0.3, 0.4) is 0 Å². The summed E-state index contributed by atoms with van der Waals surface area (Å²) in [5.41, 5.74) is 1.05. The van der Waals surface area contributed by atoms with E-state index in [0.29, 0.717) is 6.42 Å². The predicted octanol–water partition coefficient (Wildman–Crippen LogP) is 4.35. The Hall–Kier alpha value is -2.69. The number of benzene rings is 3. The van der Waals surface area contributed by atoms with Crippen LogP contribution in [0.5, 0.6) is 0 Å². The third-order valence-corrected chi connectivity index (χ3v) is 10.5. The summed E-state index contributed by atoms with van der Waals surface area (Å²) in [5.74, 6) is -0.341. The van der Waals surface area contributed by atoms with E-state index in [9.17, 15) is 4.79 Å². The van der Waals surface area contributed by atoms with Crippen molar-refractivity contribution in [3.63, 3.8) is 0 Å². The molecule has 3 aromatic rings. The SMILES string of the molecule is COC(=O)[C@H](Cc1ccccc1)O[Si](c1ccccc1)(c1ccccc1)C(C)(C)C. The average molecular weight is 419 g/mol. The summed E-state index contributed by atoms with van der Waals surface area (Å²) >= 11 is 0. The highest BCUT2D eigenvalue weighted by Gasteiger charge is 2.52. The van der Waals surface area contributed by atoms with Gasteiger partial charge in [0.05, 0.1) is 7.11 Å². The molecule has 30 heavy (non-hydrogen) atoms. The van der Waals surface area contributed by atoms with Crippen molar-refractivity contribution < 1.29 is 14.0 Å². The van der Waals surface area contributed by atoms with Crippen molar-refractivity contribution in [3.8, 4) is 0 Å². The third-order valence-electron chi connectivity index (χ3n) is 5.46. The number of carbonyl (C=O) groups excluding carboxylic acids is 1. The molecule has 3 aromatic carbocycles. The van der Waals surface area contributed by atoms with Crippen LogP contribution < -0.4 is 10.4 Å². The molecule has 0 aliphatic heterocycles. The van der Waals surface area contributed by atoms with Crippen LogP contribution in [0.25, 0.3) is 0 Å². The molecule has 0 spiro atoms. The Balaban J connectivity index is 2.16. The topological polar surface area (TPSA) is 35.5 Å². The molecule has 0 aliphatic rings. The van der Waals surface area contributed by atoms with Crippen molar-refractivity contribution in [2.45, 2.75) is 38.3 Å². The molecule has 3 rings (SSSR count). The number of esters is 1. The van der Waals surface area contributed by atoms with Gasteiger partial charge in [-0.1, -0.05) is 112 Å². The van der Waals surface area contributed by atoms with Gasteiger partial charge in [-0.15, -0.1) is 0 Å². The minimum atomic E-state index is -2.85. The fourth-order valence-electron chi connectivity index (χ4n) is 4.04. The molecule has 0 bridgehead atoms. The van der Waals surface area contributed by atoms with Crippen molar-refractivity contribution >= 4 is 24.7 Å². The van der Waals surface area contributed by atoms with E-state index in [0.717, 1.165) is 15.9 Å². The second-order valence-electron chi connectivity index (χ2n) is 8.48. The summed E-state index contributed by atoms with van der Waals surface area (Å²) in [6, 6.07) is 30.7. The van der Waals surface area contributed by atoms with Crippen LogP contribution in [0.1, 0.15) is 26.3 Å². The van der Waals surface area contributed by atoms with Gasteiger partial charge in [0.1, 0.15) is 6.10 Å². The van der Waals surface area contributed by atoms with Gasteiger partial charge >= 0.3 is 5.97 Å². The Kier molecular flexibility index (Phi) is 6.90. The van der Waals surface area contributed by atoms with Crippen LogP contribution in [0, 0.1) is 0 Å². The average Bonchev–Trinajstić information content (AvgIpc) is 2.77. The molecular formula is C26H30O3Si. The van der Waals surface area contributed by atoms with Crippen LogP contribution in [0.2, 0.25) is 5.04 Å². The van der Waals surface area contributed by atoms with E-state index in [1.165, 1.54) is 7.11 Å².